The van der Waals surface area contributed by atoms with Crippen LogP contribution in [-0.4, -0.2) is 4.57 Å². The Hall–Kier alpha value is -5.60. The van der Waals surface area contributed by atoms with Crippen LogP contribution in [0.5, 0.6) is 0 Å². The first-order chi connectivity index (χ1) is 21.8. The number of hydrogen-bond donors (Lipinski definition) is 0. The molecule has 0 saturated carbocycles. The second kappa shape index (κ2) is 8.95. The molecule has 0 unspecified atom stereocenters. The van der Waals surface area contributed by atoms with Crippen LogP contribution in [0.4, 0.5) is 0 Å². The number of furan rings is 1. The van der Waals surface area contributed by atoms with Crippen LogP contribution in [0, 0.1) is 0 Å². The lowest BCUT2D eigenvalue weighted by Crippen LogP contribution is -1.94. The maximum absolute atomic E-state index is 6.56. The van der Waals surface area contributed by atoms with Crippen LogP contribution in [-0.2, 0) is 6.42 Å². The Morgan fingerprint density at radius 2 is 1.16 bits per heavy atom. The average Bonchev–Trinajstić information content (AvgIpc) is 3.64. The minimum atomic E-state index is 0.999. The van der Waals surface area contributed by atoms with E-state index in [1.807, 2.05) is 0 Å². The number of rotatable bonds is 2. The van der Waals surface area contributed by atoms with E-state index >= 15 is 0 Å². The van der Waals surface area contributed by atoms with Crippen molar-refractivity contribution in [2.45, 2.75) is 12.8 Å². The molecule has 10 rings (SSSR count). The van der Waals surface area contributed by atoms with Crippen LogP contribution in [0.3, 0.4) is 0 Å². The molecule has 0 atom stereocenters. The van der Waals surface area contributed by atoms with E-state index in [4.69, 9.17) is 4.42 Å². The number of fused-ring (bicyclic) bond motifs is 13. The molecule has 2 heteroatoms. The summed E-state index contributed by atoms with van der Waals surface area (Å²) in [5, 5.41) is 11.4. The Kier molecular flexibility index (Phi) is 4.86. The molecule has 1 aliphatic carbocycles. The Morgan fingerprint density at radius 1 is 0.500 bits per heavy atom. The van der Waals surface area contributed by atoms with Crippen LogP contribution < -0.4 is 0 Å². The average molecular weight is 562 g/mol. The lowest BCUT2D eigenvalue weighted by Gasteiger charge is -2.13. The summed E-state index contributed by atoms with van der Waals surface area (Å²) in [5.74, 6) is 1.01. The molecule has 206 valence electrons. The molecule has 2 aromatic heterocycles. The van der Waals surface area contributed by atoms with Gasteiger partial charge >= 0.3 is 0 Å². The molecule has 1 aliphatic rings. The monoisotopic (exact) mass is 561 g/mol. The molecule has 0 fully saturated rings. The number of aromatic nitrogens is 1. The molecule has 7 aromatic carbocycles. The van der Waals surface area contributed by atoms with Crippen molar-refractivity contribution in [3.63, 3.8) is 0 Å². The lowest BCUT2D eigenvalue weighted by atomic mass is 9.92. The summed E-state index contributed by atoms with van der Waals surface area (Å²) >= 11 is 0. The number of allylic oxidation sites excluding steroid dienone is 1. The second-order valence-electron chi connectivity index (χ2n) is 12.0. The lowest BCUT2D eigenvalue weighted by molar-refractivity contribution is 0.598. The van der Waals surface area contributed by atoms with Crippen LogP contribution in [0.15, 0.2) is 138 Å². The Morgan fingerprint density at radius 3 is 1.95 bits per heavy atom. The number of hydrogen-bond acceptors (Lipinski definition) is 1. The van der Waals surface area contributed by atoms with Gasteiger partial charge in [0.15, 0.2) is 0 Å². The van der Waals surface area contributed by atoms with Gasteiger partial charge < -0.3 is 8.98 Å². The number of para-hydroxylation sites is 1. The minimum absolute atomic E-state index is 0.999. The zero-order chi connectivity index (χ0) is 28.8. The van der Waals surface area contributed by atoms with Gasteiger partial charge in [0, 0.05) is 22.0 Å². The van der Waals surface area contributed by atoms with Gasteiger partial charge in [0.2, 0.25) is 0 Å². The summed E-state index contributed by atoms with van der Waals surface area (Å²) in [7, 11) is 0. The van der Waals surface area contributed by atoms with Crippen molar-refractivity contribution in [3.8, 4) is 16.8 Å². The Bertz CT molecular complexity index is 2630. The van der Waals surface area contributed by atoms with Gasteiger partial charge in [-0.1, -0.05) is 97.1 Å². The van der Waals surface area contributed by atoms with Gasteiger partial charge in [-0.05, 0) is 98.8 Å². The SMILES string of the molecule is C1=Cc2oc3c(ccc4c3c3ccccc3n4-c3cccc(-c4ccc5c6ccccc6c6ccccc6c5c4)c3)c2CC1. The smallest absolute Gasteiger partial charge is 0.145 e. The van der Waals surface area contributed by atoms with E-state index in [0.717, 1.165) is 29.9 Å². The summed E-state index contributed by atoms with van der Waals surface area (Å²) in [6.07, 6.45) is 6.45. The third-order valence-electron chi connectivity index (χ3n) is 9.64. The van der Waals surface area contributed by atoms with Gasteiger partial charge in [-0.3, -0.25) is 0 Å². The largest absolute Gasteiger partial charge is 0.456 e. The minimum Gasteiger partial charge on any atom is -0.456 e. The van der Waals surface area contributed by atoms with Crippen molar-refractivity contribution < 1.29 is 4.42 Å². The highest BCUT2D eigenvalue weighted by Crippen LogP contribution is 2.42. The van der Waals surface area contributed by atoms with E-state index in [0.29, 0.717) is 0 Å². The van der Waals surface area contributed by atoms with E-state index in [-0.39, 0.29) is 0 Å². The molecule has 0 saturated heterocycles. The first-order valence-corrected chi connectivity index (χ1v) is 15.4. The summed E-state index contributed by atoms with van der Waals surface area (Å²) in [6, 6.07) is 46.7. The van der Waals surface area contributed by atoms with Crippen LogP contribution in [0.1, 0.15) is 17.7 Å². The molecule has 0 N–H and O–H groups in total. The third kappa shape index (κ3) is 3.25. The zero-order valence-electron chi connectivity index (χ0n) is 24.0. The van der Waals surface area contributed by atoms with Crippen molar-refractivity contribution in [3.05, 3.63) is 145 Å². The van der Waals surface area contributed by atoms with Crippen LogP contribution >= 0.6 is 0 Å². The Balaban J connectivity index is 1.21. The topological polar surface area (TPSA) is 18.1 Å². The van der Waals surface area contributed by atoms with Gasteiger partial charge in [0.25, 0.3) is 0 Å². The first-order valence-electron chi connectivity index (χ1n) is 15.4. The molecule has 0 radical (unpaired) electrons. The molecule has 0 spiro atoms. The van der Waals surface area contributed by atoms with Crippen LogP contribution in [0.25, 0.3) is 88.0 Å². The van der Waals surface area contributed by atoms with E-state index in [1.165, 1.54) is 76.2 Å². The zero-order valence-corrected chi connectivity index (χ0v) is 24.0. The van der Waals surface area contributed by atoms with Crippen molar-refractivity contribution >= 4 is 71.2 Å². The van der Waals surface area contributed by atoms with E-state index < -0.39 is 0 Å². The normalized spacial score (nSPS) is 13.2. The highest BCUT2D eigenvalue weighted by molar-refractivity contribution is 6.26. The molecule has 0 amide bonds. The quantitative estimate of drug-likeness (QED) is 0.192. The van der Waals surface area contributed by atoms with E-state index in [1.54, 1.807) is 0 Å². The fourth-order valence-electron chi connectivity index (χ4n) is 7.68. The molecule has 0 bridgehead atoms. The predicted molar refractivity (Wildman–Crippen MR) is 186 cm³/mol. The summed E-state index contributed by atoms with van der Waals surface area (Å²) in [4.78, 5) is 0. The van der Waals surface area contributed by atoms with Gasteiger partial charge in [0.1, 0.15) is 11.3 Å². The van der Waals surface area contributed by atoms with Gasteiger partial charge in [0.05, 0.1) is 16.4 Å². The molecule has 2 heterocycles. The maximum Gasteiger partial charge on any atom is 0.145 e. The van der Waals surface area contributed by atoms with Gasteiger partial charge in [-0.25, -0.2) is 0 Å². The molecule has 0 aliphatic heterocycles. The molecule has 9 aromatic rings. The van der Waals surface area contributed by atoms with E-state index in [2.05, 4.69) is 144 Å². The molecular formula is C42H27NO. The predicted octanol–water partition coefficient (Wildman–Crippen LogP) is 11.6. The molecule has 44 heavy (non-hydrogen) atoms. The van der Waals surface area contributed by atoms with Crippen molar-refractivity contribution in [1.29, 1.82) is 0 Å². The van der Waals surface area contributed by atoms with Crippen LogP contribution in [0.2, 0.25) is 0 Å². The second-order valence-corrected chi connectivity index (χ2v) is 12.0. The van der Waals surface area contributed by atoms with Crippen molar-refractivity contribution in [2.24, 2.45) is 0 Å². The third-order valence-corrected chi connectivity index (χ3v) is 9.64. The highest BCUT2D eigenvalue weighted by atomic mass is 16.3. The first kappa shape index (κ1) is 23.9. The van der Waals surface area contributed by atoms with Crippen molar-refractivity contribution in [1.82, 2.24) is 4.57 Å². The van der Waals surface area contributed by atoms with Gasteiger partial charge in [-0.15, -0.1) is 0 Å². The highest BCUT2D eigenvalue weighted by Gasteiger charge is 2.21. The fourth-order valence-corrected chi connectivity index (χ4v) is 7.68. The van der Waals surface area contributed by atoms with Crippen molar-refractivity contribution in [2.75, 3.05) is 0 Å². The number of aryl methyl sites for hydroxylation is 1. The maximum atomic E-state index is 6.56. The number of benzene rings is 7. The summed E-state index contributed by atoms with van der Waals surface area (Å²) in [5.41, 5.74) is 8.25. The summed E-state index contributed by atoms with van der Waals surface area (Å²) < 4.78 is 8.96. The standard InChI is InChI=1S/C42H27NO/c1-2-14-31-29(12-1)30-13-3-4-15-32(30)37-25-27(20-21-33(31)37)26-10-9-11-28(24-26)43-38-18-7-5-17-36(38)41-39(43)23-22-35-34-16-6-8-19-40(34)44-42(35)41/h1-5,7-15,17-25H,6,16H2. The summed E-state index contributed by atoms with van der Waals surface area (Å²) in [6.45, 7) is 0. The van der Waals surface area contributed by atoms with E-state index in [9.17, 15) is 0 Å². The number of nitrogens with zero attached hydrogens (tertiary/aromatic N) is 1. The fraction of sp³-hybridized carbons (Fsp3) is 0.0476. The molecule has 2 nitrogen and oxygen atoms in total. The Labute approximate surface area is 254 Å². The molecular weight excluding hydrogens is 534 g/mol. The van der Waals surface area contributed by atoms with Gasteiger partial charge in [-0.2, -0.15) is 0 Å².